The summed E-state index contributed by atoms with van der Waals surface area (Å²) in [6.45, 7) is 0. The Morgan fingerprint density at radius 3 is 2.05 bits per heavy atom. The maximum absolute atomic E-state index is 10.6. The molecule has 110 valence electrons. The van der Waals surface area contributed by atoms with Crippen molar-refractivity contribution in [2.45, 2.75) is 12.8 Å². The predicted molar refractivity (Wildman–Crippen MR) is 85.1 cm³/mol. The molecule has 0 aromatic heterocycles. The van der Waals surface area contributed by atoms with Gasteiger partial charge in [0.15, 0.2) is 0 Å². The van der Waals surface area contributed by atoms with Crippen molar-refractivity contribution >= 4 is 27.8 Å². The van der Waals surface area contributed by atoms with E-state index in [1.54, 1.807) is 18.2 Å². The Kier molecular flexibility index (Phi) is 7.18. The summed E-state index contributed by atoms with van der Waals surface area (Å²) in [5.74, 6) is -1.15. The van der Waals surface area contributed by atoms with Crippen LogP contribution >= 0.6 is 15.9 Å². The number of rotatable bonds is 4. The van der Waals surface area contributed by atoms with E-state index in [2.05, 4.69) is 15.9 Å². The molecule has 0 saturated heterocycles. The lowest BCUT2D eigenvalue weighted by molar-refractivity contribution is -0.136. The second kappa shape index (κ2) is 8.92. The van der Waals surface area contributed by atoms with Gasteiger partial charge in [0, 0.05) is 10.9 Å². The summed E-state index contributed by atoms with van der Waals surface area (Å²) in [7, 11) is 0. The van der Waals surface area contributed by atoms with Gasteiger partial charge in [-0.15, -0.1) is 0 Å². The fourth-order valence-electron chi connectivity index (χ4n) is 1.56. The first kappa shape index (κ1) is 16.9. The number of halogens is 1. The van der Waals surface area contributed by atoms with Gasteiger partial charge in [-0.1, -0.05) is 42.5 Å². The predicted octanol–water partition coefficient (Wildman–Crippen LogP) is 3.25. The number of carbonyl (C=O) groups excluding carboxylic acids is 1. The molecule has 0 spiro atoms. The normalized spacial score (nSPS) is 9.38. The maximum atomic E-state index is 10.6. The number of carboxylic acid groups (broad SMARTS) is 1. The van der Waals surface area contributed by atoms with Gasteiger partial charge < -0.3 is 10.8 Å². The van der Waals surface area contributed by atoms with Gasteiger partial charge in [0.05, 0.1) is 5.56 Å². The number of aryl methyl sites for hydroxylation is 1. The van der Waals surface area contributed by atoms with Crippen LogP contribution < -0.4 is 5.73 Å². The molecule has 0 aliphatic rings. The van der Waals surface area contributed by atoms with E-state index in [0.717, 1.165) is 10.0 Å². The summed E-state index contributed by atoms with van der Waals surface area (Å²) in [5.41, 5.74) is 6.64. The van der Waals surface area contributed by atoms with E-state index in [9.17, 15) is 9.59 Å². The van der Waals surface area contributed by atoms with E-state index in [1.807, 2.05) is 36.4 Å². The Balaban J connectivity index is 0.000000211. The molecule has 0 aliphatic carbocycles. The summed E-state index contributed by atoms with van der Waals surface area (Å²) >= 11 is 3.20. The van der Waals surface area contributed by atoms with Gasteiger partial charge >= 0.3 is 5.97 Å². The molecule has 2 aromatic carbocycles. The molecular formula is C16H16BrNO3. The number of nitrogens with two attached hydrogens (primary N) is 1. The number of hydrogen-bond acceptors (Lipinski definition) is 2. The van der Waals surface area contributed by atoms with Crippen molar-refractivity contribution in [3.63, 3.8) is 0 Å². The van der Waals surface area contributed by atoms with Gasteiger partial charge in [-0.3, -0.25) is 9.59 Å². The molecule has 3 N–H and O–H groups in total. The smallest absolute Gasteiger partial charge is 0.303 e. The highest BCUT2D eigenvalue weighted by molar-refractivity contribution is 9.10. The topological polar surface area (TPSA) is 80.4 Å². The number of aliphatic carboxylic acids is 1. The molecule has 0 bridgehead atoms. The van der Waals surface area contributed by atoms with Gasteiger partial charge in [0.25, 0.3) is 0 Å². The van der Waals surface area contributed by atoms with Crippen LogP contribution in [0.4, 0.5) is 0 Å². The quantitative estimate of drug-likeness (QED) is 0.888. The number of primary amides is 1. The van der Waals surface area contributed by atoms with Crippen LogP contribution in [-0.2, 0) is 11.2 Å². The molecule has 21 heavy (non-hydrogen) atoms. The van der Waals surface area contributed by atoms with Crippen molar-refractivity contribution in [2.24, 2.45) is 5.73 Å². The second-order valence-corrected chi connectivity index (χ2v) is 5.08. The van der Waals surface area contributed by atoms with Crippen molar-refractivity contribution in [1.29, 1.82) is 0 Å². The Bertz CT molecular complexity index is 599. The van der Waals surface area contributed by atoms with Crippen molar-refractivity contribution < 1.29 is 14.7 Å². The van der Waals surface area contributed by atoms with Gasteiger partial charge in [0.1, 0.15) is 0 Å². The van der Waals surface area contributed by atoms with E-state index in [-0.39, 0.29) is 6.42 Å². The van der Waals surface area contributed by atoms with E-state index < -0.39 is 11.9 Å². The summed E-state index contributed by atoms with van der Waals surface area (Å²) in [6.07, 6.45) is 0.834. The highest BCUT2D eigenvalue weighted by Gasteiger charge is 2.02. The van der Waals surface area contributed by atoms with Gasteiger partial charge in [-0.05, 0) is 40.0 Å². The lowest BCUT2D eigenvalue weighted by Gasteiger charge is -1.95. The first-order valence-electron chi connectivity index (χ1n) is 6.30. The number of benzene rings is 2. The molecule has 0 saturated carbocycles. The Hall–Kier alpha value is -2.14. The summed E-state index contributed by atoms with van der Waals surface area (Å²) < 4.78 is 0.738. The Labute approximate surface area is 131 Å². The second-order valence-electron chi connectivity index (χ2n) is 4.22. The zero-order valence-corrected chi connectivity index (χ0v) is 12.9. The minimum Gasteiger partial charge on any atom is -0.481 e. The highest BCUT2D eigenvalue weighted by Crippen LogP contribution is 2.14. The third kappa shape index (κ3) is 6.72. The largest absolute Gasteiger partial charge is 0.481 e. The number of carbonyl (C=O) groups is 2. The van der Waals surface area contributed by atoms with Crippen LogP contribution in [0.15, 0.2) is 59.1 Å². The molecule has 0 radical (unpaired) electrons. The van der Waals surface area contributed by atoms with Crippen LogP contribution in [0.25, 0.3) is 0 Å². The molecule has 0 atom stereocenters. The van der Waals surface area contributed by atoms with Crippen molar-refractivity contribution in [3.05, 3.63) is 70.2 Å². The lowest BCUT2D eigenvalue weighted by Crippen LogP contribution is -2.11. The van der Waals surface area contributed by atoms with Crippen molar-refractivity contribution in [2.75, 3.05) is 0 Å². The molecule has 0 heterocycles. The van der Waals surface area contributed by atoms with E-state index >= 15 is 0 Å². The summed E-state index contributed by atoms with van der Waals surface area (Å²) in [6, 6.07) is 16.7. The zero-order valence-electron chi connectivity index (χ0n) is 11.3. The molecule has 4 nitrogen and oxygen atoms in total. The first-order valence-corrected chi connectivity index (χ1v) is 7.10. The molecular weight excluding hydrogens is 334 g/mol. The average molecular weight is 350 g/mol. The van der Waals surface area contributed by atoms with Crippen molar-refractivity contribution in [1.82, 2.24) is 0 Å². The third-order valence-corrected chi connectivity index (χ3v) is 3.30. The fourth-order valence-corrected chi connectivity index (χ4v) is 2.04. The standard InChI is InChI=1S/C9H10O2.C7H6BrNO/c10-9(11)7-6-8-4-2-1-3-5-8;8-6-4-2-1-3-5(6)7(9)10/h1-5H,6-7H2,(H,10,11);1-4H,(H2,9,10). The monoisotopic (exact) mass is 349 g/mol. The molecule has 2 rings (SSSR count). The van der Waals surface area contributed by atoms with Crippen molar-refractivity contribution in [3.8, 4) is 0 Å². The highest BCUT2D eigenvalue weighted by atomic mass is 79.9. The molecule has 0 aliphatic heterocycles. The average Bonchev–Trinajstić information content (AvgIpc) is 2.47. The minimum absolute atomic E-state index is 0.212. The molecule has 1 amide bonds. The fraction of sp³-hybridized carbons (Fsp3) is 0.125. The maximum Gasteiger partial charge on any atom is 0.303 e. The SMILES string of the molecule is NC(=O)c1ccccc1Br.O=C(O)CCc1ccccc1. The van der Waals surface area contributed by atoms with E-state index in [0.29, 0.717) is 12.0 Å². The number of carboxylic acids is 1. The minimum atomic E-state index is -0.742. The molecule has 0 fully saturated rings. The summed E-state index contributed by atoms with van der Waals surface area (Å²) in [4.78, 5) is 20.8. The molecule has 5 heteroatoms. The third-order valence-electron chi connectivity index (χ3n) is 2.61. The van der Waals surface area contributed by atoms with E-state index in [4.69, 9.17) is 10.8 Å². The van der Waals surface area contributed by atoms with Crippen LogP contribution in [-0.4, -0.2) is 17.0 Å². The van der Waals surface area contributed by atoms with Gasteiger partial charge in [-0.25, -0.2) is 0 Å². The Morgan fingerprint density at radius 1 is 1.00 bits per heavy atom. The first-order chi connectivity index (χ1) is 10.0. The van der Waals surface area contributed by atoms with Crippen LogP contribution in [0.5, 0.6) is 0 Å². The zero-order chi connectivity index (χ0) is 15.7. The van der Waals surface area contributed by atoms with Crippen LogP contribution in [0.3, 0.4) is 0 Å². The van der Waals surface area contributed by atoms with E-state index in [1.165, 1.54) is 0 Å². The van der Waals surface area contributed by atoms with Crippen LogP contribution in [0, 0.1) is 0 Å². The number of amides is 1. The summed E-state index contributed by atoms with van der Waals surface area (Å²) in [5, 5.41) is 8.37. The molecule has 2 aromatic rings. The van der Waals surface area contributed by atoms with Crippen LogP contribution in [0.2, 0.25) is 0 Å². The lowest BCUT2D eigenvalue weighted by atomic mass is 10.1. The van der Waals surface area contributed by atoms with Crippen LogP contribution in [0.1, 0.15) is 22.3 Å². The van der Waals surface area contributed by atoms with Gasteiger partial charge in [-0.2, -0.15) is 0 Å². The van der Waals surface area contributed by atoms with Gasteiger partial charge in [0.2, 0.25) is 5.91 Å². The molecule has 0 unspecified atom stereocenters. The number of hydrogen-bond donors (Lipinski definition) is 2. The Morgan fingerprint density at radius 2 is 1.57 bits per heavy atom.